The molecule has 0 aromatic heterocycles. The van der Waals surface area contributed by atoms with Crippen molar-refractivity contribution in [2.75, 3.05) is 9.80 Å². The molecule has 0 radical (unpaired) electrons. The average Bonchev–Trinajstić information content (AvgIpc) is 3.04. The molecule has 0 amide bonds. The van der Waals surface area contributed by atoms with E-state index in [4.69, 9.17) is 0 Å². The minimum Gasteiger partial charge on any atom is -0.311 e. The first-order valence-corrected chi connectivity index (χ1v) is 14.9. The molecule has 3 heterocycles. The second-order valence-corrected chi connectivity index (χ2v) is 12.3. The van der Waals surface area contributed by atoms with E-state index in [9.17, 15) is 4.39 Å². The van der Waals surface area contributed by atoms with Crippen LogP contribution in [0.1, 0.15) is 25.0 Å². The lowest BCUT2D eigenvalue weighted by atomic mass is 9.33. The van der Waals surface area contributed by atoms with Crippen LogP contribution in [0.15, 0.2) is 133 Å². The van der Waals surface area contributed by atoms with Gasteiger partial charge < -0.3 is 9.80 Å². The van der Waals surface area contributed by atoms with Crippen molar-refractivity contribution in [2.24, 2.45) is 0 Å². The van der Waals surface area contributed by atoms with Gasteiger partial charge in [0, 0.05) is 33.9 Å². The SMILES string of the molecule is CC1(C)c2ccccc2N2c3cc(-c4ccc(F)cc4)cc4c3B(c3ccccc3N4c3ccccc3)c3cccc1c32. The Balaban J connectivity index is 1.44. The number of benzene rings is 6. The Morgan fingerprint density at radius 2 is 1.16 bits per heavy atom. The molecular formula is C39H28BFN2. The van der Waals surface area contributed by atoms with Crippen LogP contribution in [0.5, 0.6) is 0 Å². The van der Waals surface area contributed by atoms with Gasteiger partial charge in [-0.2, -0.15) is 0 Å². The van der Waals surface area contributed by atoms with Gasteiger partial charge in [-0.15, -0.1) is 0 Å². The lowest BCUT2D eigenvalue weighted by molar-refractivity contribution is 0.628. The standard InChI is InChI=1S/C39H28BFN2/c1-39(2)29-13-6-8-17-33(29)43-36-24-26(25-19-21-27(41)22-20-25)23-35-37(36)40(32-16-10-14-30(39)38(32)43)31-15-7-9-18-34(31)42(35)28-11-4-3-5-12-28/h3-24H,1-2H3. The fourth-order valence-electron chi connectivity index (χ4n) is 7.76. The minimum absolute atomic E-state index is 0.0793. The van der Waals surface area contributed by atoms with Crippen molar-refractivity contribution in [3.8, 4) is 11.1 Å². The highest BCUT2D eigenvalue weighted by molar-refractivity contribution is 7.00. The van der Waals surface area contributed by atoms with Gasteiger partial charge in [0.15, 0.2) is 0 Å². The summed E-state index contributed by atoms with van der Waals surface area (Å²) in [5.41, 5.74) is 15.6. The Hall–Kier alpha value is -5.09. The van der Waals surface area contributed by atoms with Gasteiger partial charge in [0.25, 0.3) is 6.71 Å². The quantitative estimate of drug-likeness (QED) is 0.199. The molecule has 0 spiro atoms. The van der Waals surface area contributed by atoms with Crippen LogP contribution in [-0.4, -0.2) is 6.71 Å². The molecule has 204 valence electrons. The number of rotatable bonds is 2. The molecule has 9 rings (SSSR count). The summed E-state index contributed by atoms with van der Waals surface area (Å²) < 4.78 is 14.1. The van der Waals surface area contributed by atoms with E-state index in [1.807, 2.05) is 12.1 Å². The largest absolute Gasteiger partial charge is 0.311 e. The fourth-order valence-corrected chi connectivity index (χ4v) is 7.76. The number of anilines is 6. The van der Waals surface area contributed by atoms with Crippen LogP contribution in [0.4, 0.5) is 38.5 Å². The van der Waals surface area contributed by atoms with Gasteiger partial charge in [-0.25, -0.2) is 4.39 Å². The Morgan fingerprint density at radius 1 is 0.535 bits per heavy atom. The first kappa shape index (κ1) is 24.5. The lowest BCUT2D eigenvalue weighted by Gasteiger charge is -2.49. The smallest absolute Gasteiger partial charge is 0.252 e. The Kier molecular flexibility index (Phi) is 4.97. The molecule has 0 unspecified atom stereocenters. The maximum atomic E-state index is 14.1. The highest BCUT2D eigenvalue weighted by Crippen LogP contribution is 2.54. The molecule has 3 aliphatic heterocycles. The molecule has 6 aromatic rings. The number of para-hydroxylation sites is 4. The van der Waals surface area contributed by atoms with Crippen LogP contribution < -0.4 is 26.2 Å². The third kappa shape index (κ3) is 3.29. The molecule has 4 heteroatoms. The van der Waals surface area contributed by atoms with Crippen molar-refractivity contribution in [3.05, 3.63) is 150 Å². The average molecular weight is 554 g/mol. The number of nitrogens with zero attached hydrogens (tertiary/aromatic N) is 2. The molecule has 0 atom stereocenters. The molecule has 2 nitrogen and oxygen atoms in total. The van der Waals surface area contributed by atoms with Gasteiger partial charge in [0.05, 0.1) is 5.69 Å². The highest BCUT2D eigenvalue weighted by atomic mass is 19.1. The second kappa shape index (κ2) is 8.72. The Bertz CT molecular complexity index is 2080. The van der Waals surface area contributed by atoms with E-state index in [0.29, 0.717) is 0 Å². The van der Waals surface area contributed by atoms with Crippen molar-refractivity contribution in [1.29, 1.82) is 0 Å². The number of hydrogen-bond acceptors (Lipinski definition) is 2. The van der Waals surface area contributed by atoms with Gasteiger partial charge in [-0.05, 0) is 87.2 Å². The van der Waals surface area contributed by atoms with Crippen LogP contribution in [0.3, 0.4) is 0 Å². The molecule has 43 heavy (non-hydrogen) atoms. The maximum absolute atomic E-state index is 14.1. The van der Waals surface area contributed by atoms with Crippen LogP contribution in [0.2, 0.25) is 0 Å². The molecule has 6 aromatic carbocycles. The molecule has 0 N–H and O–H groups in total. The third-order valence-corrected chi connectivity index (χ3v) is 9.68. The summed E-state index contributed by atoms with van der Waals surface area (Å²) in [7, 11) is 0. The van der Waals surface area contributed by atoms with Crippen LogP contribution in [-0.2, 0) is 5.41 Å². The topological polar surface area (TPSA) is 6.48 Å². The zero-order valence-corrected chi connectivity index (χ0v) is 24.1. The Labute approximate surface area is 251 Å². The van der Waals surface area contributed by atoms with Crippen molar-refractivity contribution >= 4 is 57.2 Å². The first-order chi connectivity index (χ1) is 21.0. The van der Waals surface area contributed by atoms with Gasteiger partial charge in [-0.1, -0.05) is 98.8 Å². The highest BCUT2D eigenvalue weighted by Gasteiger charge is 2.48. The summed E-state index contributed by atoms with van der Waals surface area (Å²) in [5, 5.41) is 0. The molecule has 0 fully saturated rings. The second-order valence-electron chi connectivity index (χ2n) is 12.3. The summed E-state index contributed by atoms with van der Waals surface area (Å²) in [5.74, 6) is -0.228. The van der Waals surface area contributed by atoms with E-state index >= 15 is 0 Å². The summed E-state index contributed by atoms with van der Waals surface area (Å²) in [4.78, 5) is 4.91. The normalized spacial score (nSPS) is 14.9. The van der Waals surface area contributed by atoms with Gasteiger partial charge >= 0.3 is 0 Å². The van der Waals surface area contributed by atoms with E-state index in [-0.39, 0.29) is 17.9 Å². The van der Waals surface area contributed by atoms with Crippen molar-refractivity contribution in [3.63, 3.8) is 0 Å². The fraction of sp³-hybridized carbons (Fsp3) is 0.0769. The van der Waals surface area contributed by atoms with Crippen molar-refractivity contribution in [2.45, 2.75) is 19.3 Å². The number of fused-ring (bicyclic) bond motifs is 6. The minimum atomic E-state index is -0.228. The predicted octanol–water partition coefficient (Wildman–Crippen LogP) is 8.21. The van der Waals surface area contributed by atoms with Crippen LogP contribution in [0, 0.1) is 5.82 Å². The monoisotopic (exact) mass is 554 g/mol. The molecule has 0 aliphatic carbocycles. The third-order valence-electron chi connectivity index (χ3n) is 9.68. The first-order valence-electron chi connectivity index (χ1n) is 14.9. The van der Waals surface area contributed by atoms with E-state index in [2.05, 4.69) is 133 Å². The van der Waals surface area contributed by atoms with Crippen LogP contribution in [0.25, 0.3) is 11.1 Å². The van der Waals surface area contributed by atoms with Gasteiger partial charge in [0.2, 0.25) is 0 Å². The summed E-state index contributed by atoms with van der Waals surface area (Å²) in [6.07, 6.45) is 0. The molecule has 0 saturated heterocycles. The zero-order chi connectivity index (χ0) is 28.9. The van der Waals surface area contributed by atoms with Crippen molar-refractivity contribution in [1.82, 2.24) is 0 Å². The summed E-state index contributed by atoms with van der Waals surface area (Å²) >= 11 is 0. The molecular weight excluding hydrogens is 526 g/mol. The summed E-state index contributed by atoms with van der Waals surface area (Å²) in [6, 6.07) is 46.7. The van der Waals surface area contributed by atoms with Crippen LogP contribution >= 0.6 is 0 Å². The molecule has 0 bridgehead atoms. The van der Waals surface area contributed by atoms with Gasteiger partial charge in [0.1, 0.15) is 5.82 Å². The maximum Gasteiger partial charge on any atom is 0.252 e. The van der Waals surface area contributed by atoms with Gasteiger partial charge in [-0.3, -0.25) is 0 Å². The molecule has 0 saturated carbocycles. The zero-order valence-electron chi connectivity index (χ0n) is 24.1. The van der Waals surface area contributed by atoms with Crippen molar-refractivity contribution < 1.29 is 4.39 Å². The lowest BCUT2D eigenvalue weighted by Crippen LogP contribution is -2.62. The number of halogens is 1. The number of hydrogen-bond donors (Lipinski definition) is 0. The summed E-state index contributed by atoms with van der Waals surface area (Å²) in [6.45, 7) is 4.78. The van der Waals surface area contributed by atoms with E-state index in [1.54, 1.807) is 12.1 Å². The molecule has 3 aliphatic rings. The Morgan fingerprint density at radius 3 is 1.95 bits per heavy atom. The van der Waals surface area contributed by atoms with E-state index < -0.39 is 0 Å². The predicted molar refractivity (Wildman–Crippen MR) is 178 cm³/mol. The van der Waals surface area contributed by atoms with E-state index in [0.717, 1.165) is 22.5 Å². The van der Waals surface area contributed by atoms with E-state index in [1.165, 1.54) is 50.3 Å².